The highest BCUT2D eigenvalue weighted by Crippen LogP contribution is 2.29. The normalized spacial score (nSPS) is 9.23. The third-order valence-corrected chi connectivity index (χ3v) is 1.85. The maximum Gasteiger partial charge on any atom is 0.310 e. The number of nitrogens with two attached hydrogens (primary N) is 1. The Labute approximate surface area is 79.3 Å². The summed E-state index contributed by atoms with van der Waals surface area (Å²) in [5.74, 6) is 0. The SMILES string of the molecule is N#Cc1c(S)ccc(N)c1[N+](=O)[O-]. The van der Waals surface area contributed by atoms with Gasteiger partial charge in [0.1, 0.15) is 17.3 Å². The number of hydrogen-bond acceptors (Lipinski definition) is 5. The summed E-state index contributed by atoms with van der Waals surface area (Å²) in [6.07, 6.45) is 0. The van der Waals surface area contributed by atoms with Crippen molar-refractivity contribution in [1.82, 2.24) is 0 Å². The Kier molecular flexibility index (Phi) is 2.39. The highest BCUT2D eigenvalue weighted by molar-refractivity contribution is 7.80. The average Bonchev–Trinajstić information content (AvgIpc) is 2.07. The maximum atomic E-state index is 10.5. The highest BCUT2D eigenvalue weighted by Gasteiger charge is 2.19. The first kappa shape index (κ1) is 9.35. The summed E-state index contributed by atoms with van der Waals surface area (Å²) in [4.78, 5) is 10.1. The molecular formula is C7H5N3O2S. The molecule has 0 fully saturated rings. The largest absolute Gasteiger partial charge is 0.393 e. The molecule has 0 aliphatic heterocycles. The first-order valence-electron chi connectivity index (χ1n) is 3.24. The van der Waals surface area contributed by atoms with Gasteiger partial charge in [-0.15, -0.1) is 12.6 Å². The van der Waals surface area contributed by atoms with E-state index in [4.69, 9.17) is 11.0 Å². The lowest BCUT2D eigenvalue weighted by atomic mass is 10.1. The number of benzene rings is 1. The molecule has 0 saturated carbocycles. The van der Waals surface area contributed by atoms with Crippen LogP contribution in [-0.2, 0) is 0 Å². The van der Waals surface area contributed by atoms with Crippen LogP contribution in [0.1, 0.15) is 5.56 Å². The molecule has 5 nitrogen and oxygen atoms in total. The molecule has 0 bridgehead atoms. The maximum absolute atomic E-state index is 10.5. The van der Waals surface area contributed by atoms with Gasteiger partial charge in [-0.25, -0.2) is 0 Å². The van der Waals surface area contributed by atoms with Crippen LogP contribution in [0.15, 0.2) is 17.0 Å². The molecule has 66 valence electrons. The number of rotatable bonds is 1. The quantitative estimate of drug-likeness (QED) is 0.306. The van der Waals surface area contributed by atoms with Crippen LogP contribution in [0.5, 0.6) is 0 Å². The Morgan fingerprint density at radius 2 is 2.23 bits per heavy atom. The molecule has 0 aliphatic carbocycles. The second kappa shape index (κ2) is 3.33. The first-order chi connectivity index (χ1) is 6.07. The Balaban J connectivity index is 3.55. The Bertz CT molecular complexity index is 411. The summed E-state index contributed by atoms with van der Waals surface area (Å²) in [6.45, 7) is 0. The van der Waals surface area contributed by atoms with Gasteiger partial charge in [-0.1, -0.05) is 0 Å². The summed E-state index contributed by atoms with van der Waals surface area (Å²) in [5, 5.41) is 19.1. The van der Waals surface area contributed by atoms with Crippen molar-refractivity contribution < 1.29 is 4.92 Å². The first-order valence-corrected chi connectivity index (χ1v) is 3.68. The molecule has 0 aromatic heterocycles. The molecule has 2 N–H and O–H groups in total. The lowest BCUT2D eigenvalue weighted by Gasteiger charge is -2.00. The lowest BCUT2D eigenvalue weighted by Crippen LogP contribution is -1.99. The van der Waals surface area contributed by atoms with Crippen LogP contribution in [0, 0.1) is 21.4 Å². The van der Waals surface area contributed by atoms with E-state index in [0.29, 0.717) is 0 Å². The molecule has 1 rings (SSSR count). The van der Waals surface area contributed by atoms with Crippen molar-refractivity contribution in [2.24, 2.45) is 0 Å². The highest BCUT2D eigenvalue weighted by atomic mass is 32.1. The van der Waals surface area contributed by atoms with Gasteiger partial charge < -0.3 is 5.73 Å². The van der Waals surface area contributed by atoms with Crippen LogP contribution in [0.25, 0.3) is 0 Å². The van der Waals surface area contributed by atoms with Crippen molar-refractivity contribution in [3.05, 3.63) is 27.8 Å². The topological polar surface area (TPSA) is 93.0 Å². The molecule has 0 amide bonds. The molecule has 0 spiro atoms. The van der Waals surface area contributed by atoms with Gasteiger partial charge in [-0.05, 0) is 12.1 Å². The zero-order chi connectivity index (χ0) is 10.0. The van der Waals surface area contributed by atoms with Gasteiger partial charge in [0.15, 0.2) is 0 Å². The fourth-order valence-electron chi connectivity index (χ4n) is 0.904. The van der Waals surface area contributed by atoms with Crippen LogP contribution in [0.3, 0.4) is 0 Å². The van der Waals surface area contributed by atoms with Crippen LogP contribution in [0.2, 0.25) is 0 Å². The minimum absolute atomic E-state index is 0.0284. The summed E-state index contributed by atoms with van der Waals surface area (Å²) in [6, 6.07) is 4.48. The second-order valence-electron chi connectivity index (χ2n) is 2.27. The van der Waals surface area contributed by atoms with E-state index < -0.39 is 4.92 Å². The van der Waals surface area contributed by atoms with Crippen molar-refractivity contribution in [1.29, 1.82) is 5.26 Å². The van der Waals surface area contributed by atoms with Crippen LogP contribution < -0.4 is 5.73 Å². The second-order valence-corrected chi connectivity index (χ2v) is 2.75. The van der Waals surface area contributed by atoms with Crippen molar-refractivity contribution in [3.8, 4) is 6.07 Å². The fraction of sp³-hybridized carbons (Fsp3) is 0. The van der Waals surface area contributed by atoms with Crippen LogP contribution in [-0.4, -0.2) is 4.92 Å². The fourth-order valence-corrected chi connectivity index (χ4v) is 1.13. The molecule has 0 radical (unpaired) electrons. The molecule has 0 atom stereocenters. The number of hydrogen-bond donors (Lipinski definition) is 2. The molecule has 0 heterocycles. The van der Waals surface area contributed by atoms with Gasteiger partial charge in [0.25, 0.3) is 0 Å². The third-order valence-electron chi connectivity index (χ3n) is 1.48. The number of nitriles is 1. The van der Waals surface area contributed by atoms with Crippen molar-refractivity contribution in [2.45, 2.75) is 4.90 Å². The van der Waals surface area contributed by atoms with E-state index in [1.165, 1.54) is 12.1 Å². The van der Waals surface area contributed by atoms with E-state index in [9.17, 15) is 10.1 Å². The van der Waals surface area contributed by atoms with Gasteiger partial charge in [-0.2, -0.15) is 5.26 Å². The zero-order valence-corrected chi connectivity index (χ0v) is 7.28. The predicted octanol–water partition coefficient (Wildman–Crippen LogP) is 1.34. The van der Waals surface area contributed by atoms with E-state index in [1.807, 2.05) is 0 Å². The Morgan fingerprint density at radius 1 is 1.62 bits per heavy atom. The van der Waals surface area contributed by atoms with E-state index in [2.05, 4.69) is 12.6 Å². The molecule has 1 aromatic rings. The molecule has 13 heavy (non-hydrogen) atoms. The number of nitro groups is 1. The smallest absolute Gasteiger partial charge is 0.310 e. The molecule has 0 aliphatic rings. The number of nitrogen functional groups attached to an aromatic ring is 1. The van der Waals surface area contributed by atoms with Gasteiger partial charge in [0.2, 0.25) is 0 Å². The van der Waals surface area contributed by atoms with E-state index in [-0.39, 0.29) is 21.8 Å². The molecule has 1 aromatic carbocycles. The Morgan fingerprint density at radius 3 is 2.62 bits per heavy atom. The molecule has 6 heteroatoms. The summed E-state index contributed by atoms with van der Waals surface area (Å²) in [7, 11) is 0. The monoisotopic (exact) mass is 195 g/mol. The lowest BCUT2D eigenvalue weighted by molar-refractivity contribution is -0.384. The third kappa shape index (κ3) is 1.55. The number of nitro benzene ring substituents is 1. The molecule has 0 saturated heterocycles. The van der Waals surface area contributed by atoms with E-state index >= 15 is 0 Å². The number of anilines is 1. The molecular weight excluding hydrogens is 190 g/mol. The average molecular weight is 195 g/mol. The van der Waals surface area contributed by atoms with Crippen molar-refractivity contribution in [3.63, 3.8) is 0 Å². The van der Waals surface area contributed by atoms with Gasteiger partial charge in [0, 0.05) is 4.90 Å². The zero-order valence-electron chi connectivity index (χ0n) is 6.39. The molecule has 0 unspecified atom stereocenters. The number of thiol groups is 1. The van der Waals surface area contributed by atoms with Crippen molar-refractivity contribution >= 4 is 24.0 Å². The predicted molar refractivity (Wildman–Crippen MR) is 49.5 cm³/mol. The van der Waals surface area contributed by atoms with Crippen LogP contribution >= 0.6 is 12.6 Å². The van der Waals surface area contributed by atoms with Gasteiger partial charge in [-0.3, -0.25) is 10.1 Å². The number of nitrogens with zero attached hydrogens (tertiary/aromatic N) is 2. The summed E-state index contributed by atoms with van der Waals surface area (Å²) < 4.78 is 0. The van der Waals surface area contributed by atoms with Gasteiger partial charge >= 0.3 is 5.69 Å². The minimum Gasteiger partial charge on any atom is -0.393 e. The van der Waals surface area contributed by atoms with Crippen molar-refractivity contribution in [2.75, 3.05) is 5.73 Å². The van der Waals surface area contributed by atoms with E-state index in [1.54, 1.807) is 6.07 Å². The van der Waals surface area contributed by atoms with E-state index in [0.717, 1.165) is 0 Å². The summed E-state index contributed by atoms with van der Waals surface area (Å²) in [5.41, 5.74) is 4.83. The summed E-state index contributed by atoms with van der Waals surface area (Å²) >= 11 is 3.91. The minimum atomic E-state index is -0.687. The van der Waals surface area contributed by atoms with Gasteiger partial charge in [0.05, 0.1) is 4.92 Å². The standard InChI is InChI=1S/C7H5N3O2S/c8-3-4-6(13)2-1-5(9)7(4)10(11)12/h1-2,13H,9H2. The van der Waals surface area contributed by atoms with Crippen LogP contribution in [0.4, 0.5) is 11.4 Å². The Hall–Kier alpha value is -1.74.